The highest BCUT2D eigenvalue weighted by molar-refractivity contribution is 8.18. The van der Waals surface area contributed by atoms with E-state index in [1.165, 1.54) is 11.8 Å². The zero-order valence-electron chi connectivity index (χ0n) is 14.7. The van der Waals surface area contributed by atoms with Crippen LogP contribution in [-0.2, 0) is 11.8 Å². The van der Waals surface area contributed by atoms with Gasteiger partial charge >= 0.3 is 0 Å². The predicted octanol–water partition coefficient (Wildman–Crippen LogP) is 4.80. The molecule has 1 aliphatic rings. The number of aliphatic imine (C=N–C) groups is 1. The molecule has 1 amide bonds. The summed E-state index contributed by atoms with van der Waals surface area (Å²) in [7, 11) is 2.02. The molecule has 0 N–H and O–H groups in total. The van der Waals surface area contributed by atoms with Crippen LogP contribution >= 0.6 is 11.8 Å². The minimum atomic E-state index is 0.0140. The summed E-state index contributed by atoms with van der Waals surface area (Å²) in [6.45, 7) is 2.57. The van der Waals surface area contributed by atoms with Crippen molar-refractivity contribution in [1.82, 2.24) is 9.47 Å². The largest absolute Gasteiger partial charge is 0.350 e. The monoisotopic (exact) mass is 361 g/mol. The van der Waals surface area contributed by atoms with Gasteiger partial charge in [-0.15, -0.1) is 0 Å². The molecule has 26 heavy (non-hydrogen) atoms. The molecule has 0 bridgehead atoms. The molecule has 0 atom stereocenters. The van der Waals surface area contributed by atoms with Gasteiger partial charge < -0.3 is 4.57 Å². The van der Waals surface area contributed by atoms with E-state index >= 15 is 0 Å². The van der Waals surface area contributed by atoms with Crippen LogP contribution in [0.3, 0.4) is 0 Å². The first-order valence-corrected chi connectivity index (χ1v) is 9.38. The number of carbonyl (C=O) groups excluding carboxylic acids is 1. The molecule has 130 valence electrons. The lowest BCUT2D eigenvalue weighted by Gasteiger charge is -2.11. The molecule has 4 rings (SSSR count). The number of carbonyl (C=O) groups is 1. The molecule has 0 aliphatic carbocycles. The Morgan fingerprint density at radius 1 is 1.08 bits per heavy atom. The Hall–Kier alpha value is -2.79. The lowest BCUT2D eigenvalue weighted by Crippen LogP contribution is -2.28. The van der Waals surface area contributed by atoms with E-state index in [1.807, 2.05) is 62.5 Å². The number of amides is 1. The summed E-state index contributed by atoms with van der Waals surface area (Å²) in [6, 6.07) is 18.0. The predicted molar refractivity (Wildman–Crippen MR) is 109 cm³/mol. The second-order valence-corrected chi connectivity index (χ2v) is 7.11. The molecular weight excluding hydrogens is 342 g/mol. The number of fused-ring (bicyclic) bond motifs is 1. The van der Waals surface area contributed by atoms with Crippen molar-refractivity contribution in [3.8, 4) is 0 Å². The summed E-state index contributed by atoms with van der Waals surface area (Å²) in [5.41, 5.74) is 3.06. The Balaban J connectivity index is 1.74. The molecule has 0 spiro atoms. The fourth-order valence-corrected chi connectivity index (χ4v) is 4.17. The molecule has 1 aromatic heterocycles. The van der Waals surface area contributed by atoms with Crippen LogP contribution < -0.4 is 0 Å². The number of benzene rings is 2. The lowest BCUT2D eigenvalue weighted by atomic mass is 10.1. The van der Waals surface area contributed by atoms with Crippen molar-refractivity contribution < 1.29 is 4.79 Å². The Morgan fingerprint density at radius 3 is 2.58 bits per heavy atom. The summed E-state index contributed by atoms with van der Waals surface area (Å²) in [5.74, 6) is 0.0140. The van der Waals surface area contributed by atoms with Gasteiger partial charge in [-0.05, 0) is 43.0 Å². The molecule has 5 heteroatoms. The quantitative estimate of drug-likeness (QED) is 0.628. The molecule has 3 aromatic rings. The first kappa shape index (κ1) is 16.7. The number of hydrogen-bond donors (Lipinski definition) is 0. The SMILES string of the molecule is CCN1C(=O)/C(=C\c2cn(C)c3ccccc23)SC1=Nc1ccccc1. The van der Waals surface area contributed by atoms with Gasteiger partial charge in [0.1, 0.15) is 0 Å². The van der Waals surface area contributed by atoms with E-state index in [0.717, 1.165) is 27.3 Å². The highest BCUT2D eigenvalue weighted by Crippen LogP contribution is 2.35. The van der Waals surface area contributed by atoms with Gasteiger partial charge in [-0.2, -0.15) is 0 Å². The topological polar surface area (TPSA) is 37.6 Å². The Kier molecular flexibility index (Phi) is 4.39. The highest BCUT2D eigenvalue weighted by Gasteiger charge is 2.32. The molecule has 2 heterocycles. The average Bonchev–Trinajstić information content (AvgIpc) is 3.13. The van der Waals surface area contributed by atoms with E-state index in [1.54, 1.807) is 4.90 Å². The molecule has 1 saturated heterocycles. The van der Waals surface area contributed by atoms with E-state index in [4.69, 9.17) is 0 Å². The van der Waals surface area contributed by atoms with Crippen LogP contribution in [0, 0.1) is 0 Å². The molecule has 4 nitrogen and oxygen atoms in total. The summed E-state index contributed by atoms with van der Waals surface area (Å²) in [4.78, 5) is 19.9. The first-order chi connectivity index (χ1) is 12.7. The van der Waals surface area contributed by atoms with Gasteiger partial charge in [-0.25, -0.2) is 4.99 Å². The smallest absolute Gasteiger partial charge is 0.266 e. The Morgan fingerprint density at radius 2 is 1.81 bits per heavy atom. The van der Waals surface area contributed by atoms with Gasteiger partial charge in [0.15, 0.2) is 5.17 Å². The summed E-state index contributed by atoms with van der Waals surface area (Å²) in [6.07, 6.45) is 4.04. The number of amidine groups is 1. The zero-order valence-corrected chi connectivity index (χ0v) is 15.5. The van der Waals surface area contributed by atoms with Crippen LogP contribution in [0.25, 0.3) is 17.0 Å². The zero-order chi connectivity index (χ0) is 18.1. The molecule has 1 fully saturated rings. The minimum Gasteiger partial charge on any atom is -0.350 e. The highest BCUT2D eigenvalue weighted by atomic mass is 32.2. The number of aromatic nitrogens is 1. The summed E-state index contributed by atoms with van der Waals surface area (Å²) < 4.78 is 2.09. The lowest BCUT2D eigenvalue weighted by molar-refractivity contribution is -0.122. The van der Waals surface area contributed by atoms with Crippen LogP contribution in [0.1, 0.15) is 12.5 Å². The second kappa shape index (κ2) is 6.84. The molecule has 1 aliphatic heterocycles. The van der Waals surface area contributed by atoms with Gasteiger partial charge in [0.05, 0.1) is 10.6 Å². The maximum atomic E-state index is 12.8. The van der Waals surface area contributed by atoms with Gasteiger partial charge in [-0.3, -0.25) is 9.69 Å². The number of hydrogen-bond acceptors (Lipinski definition) is 3. The van der Waals surface area contributed by atoms with Crippen LogP contribution in [0.2, 0.25) is 0 Å². The van der Waals surface area contributed by atoms with E-state index in [9.17, 15) is 4.79 Å². The average molecular weight is 361 g/mol. The maximum absolute atomic E-state index is 12.8. The van der Waals surface area contributed by atoms with Gasteiger partial charge in [0, 0.05) is 36.3 Å². The number of aryl methyl sites for hydroxylation is 1. The molecule has 0 saturated carbocycles. The molecule has 2 aromatic carbocycles. The number of para-hydroxylation sites is 2. The van der Waals surface area contributed by atoms with Crippen molar-refractivity contribution in [2.75, 3.05) is 6.54 Å². The molecule has 0 unspecified atom stereocenters. The number of rotatable bonds is 3. The fourth-order valence-electron chi connectivity index (χ4n) is 3.11. The Bertz CT molecular complexity index is 1030. The van der Waals surface area contributed by atoms with Crippen LogP contribution in [0.5, 0.6) is 0 Å². The van der Waals surface area contributed by atoms with Crippen molar-refractivity contribution in [3.05, 3.63) is 71.3 Å². The van der Waals surface area contributed by atoms with Gasteiger partial charge in [-0.1, -0.05) is 36.4 Å². The van der Waals surface area contributed by atoms with Crippen LogP contribution in [0.4, 0.5) is 5.69 Å². The standard InChI is InChI=1S/C21H19N3OS/c1-3-24-20(25)19(26-21(24)22-16-9-5-4-6-10-16)13-15-14-23(2)18-12-8-7-11-17(15)18/h4-14H,3H2,1-2H3/b19-13+,22-21?. The van der Waals surface area contributed by atoms with E-state index in [0.29, 0.717) is 11.4 Å². The number of likely N-dealkylation sites (N-methyl/N-ethyl adjacent to an activating group) is 1. The van der Waals surface area contributed by atoms with Crippen molar-refractivity contribution >= 4 is 45.5 Å². The number of thioether (sulfide) groups is 1. The van der Waals surface area contributed by atoms with Gasteiger partial charge in [0.25, 0.3) is 5.91 Å². The second-order valence-electron chi connectivity index (χ2n) is 6.10. The van der Waals surface area contributed by atoms with Crippen molar-refractivity contribution in [2.24, 2.45) is 12.0 Å². The van der Waals surface area contributed by atoms with Crippen LogP contribution in [0.15, 0.2) is 70.7 Å². The van der Waals surface area contributed by atoms with Crippen molar-refractivity contribution in [1.29, 1.82) is 0 Å². The minimum absolute atomic E-state index is 0.0140. The number of nitrogens with zero attached hydrogens (tertiary/aromatic N) is 3. The summed E-state index contributed by atoms with van der Waals surface area (Å²) in [5, 5.41) is 1.88. The summed E-state index contributed by atoms with van der Waals surface area (Å²) >= 11 is 1.44. The van der Waals surface area contributed by atoms with E-state index in [-0.39, 0.29) is 5.91 Å². The normalized spacial score (nSPS) is 17.8. The third-order valence-corrected chi connectivity index (χ3v) is 5.41. The molecule has 0 radical (unpaired) electrons. The van der Waals surface area contributed by atoms with Crippen molar-refractivity contribution in [3.63, 3.8) is 0 Å². The Labute approximate surface area is 156 Å². The fraction of sp³-hybridized carbons (Fsp3) is 0.143. The first-order valence-electron chi connectivity index (χ1n) is 8.56. The third kappa shape index (κ3) is 2.95. The molecular formula is C21H19N3OS. The van der Waals surface area contributed by atoms with E-state index < -0.39 is 0 Å². The van der Waals surface area contributed by atoms with E-state index in [2.05, 4.69) is 27.9 Å². The van der Waals surface area contributed by atoms with Crippen LogP contribution in [-0.4, -0.2) is 27.1 Å². The maximum Gasteiger partial charge on any atom is 0.266 e. The van der Waals surface area contributed by atoms with Crippen molar-refractivity contribution in [2.45, 2.75) is 6.92 Å². The van der Waals surface area contributed by atoms with Gasteiger partial charge in [0.2, 0.25) is 0 Å². The third-order valence-electron chi connectivity index (χ3n) is 4.40.